The SMILES string of the molecule is CCC(=O)OC(C)C(c1ccccc1)C(C)C. The fraction of sp³-hybridized carbons (Fsp3) is 0.533. The zero-order valence-electron chi connectivity index (χ0n) is 11.1. The maximum Gasteiger partial charge on any atom is 0.305 e. The second-order valence-corrected chi connectivity index (χ2v) is 4.73. The van der Waals surface area contributed by atoms with Crippen LogP contribution in [0.1, 0.15) is 45.6 Å². The van der Waals surface area contributed by atoms with Gasteiger partial charge >= 0.3 is 5.97 Å². The van der Waals surface area contributed by atoms with E-state index in [-0.39, 0.29) is 18.0 Å². The predicted octanol–water partition coefficient (Wildman–Crippen LogP) is 3.77. The standard InChI is InChI=1S/C15H22O2/c1-5-14(16)17-12(4)15(11(2)3)13-9-7-6-8-10-13/h6-12,15H,5H2,1-4H3. The lowest BCUT2D eigenvalue weighted by molar-refractivity contribution is -0.149. The fourth-order valence-corrected chi connectivity index (χ4v) is 2.24. The van der Waals surface area contributed by atoms with E-state index >= 15 is 0 Å². The van der Waals surface area contributed by atoms with Crippen LogP contribution >= 0.6 is 0 Å². The molecule has 0 aliphatic carbocycles. The molecular formula is C15H22O2. The Kier molecular flexibility index (Phi) is 5.20. The van der Waals surface area contributed by atoms with Gasteiger partial charge in [-0.3, -0.25) is 4.79 Å². The van der Waals surface area contributed by atoms with Crippen molar-refractivity contribution in [3.05, 3.63) is 35.9 Å². The van der Waals surface area contributed by atoms with Crippen molar-refractivity contribution in [3.8, 4) is 0 Å². The summed E-state index contributed by atoms with van der Waals surface area (Å²) < 4.78 is 5.44. The van der Waals surface area contributed by atoms with Gasteiger partial charge in [0.1, 0.15) is 6.10 Å². The van der Waals surface area contributed by atoms with Gasteiger partial charge in [0, 0.05) is 12.3 Å². The predicted molar refractivity (Wildman–Crippen MR) is 69.9 cm³/mol. The smallest absolute Gasteiger partial charge is 0.305 e. The summed E-state index contributed by atoms with van der Waals surface area (Å²) in [5.74, 6) is 0.572. The van der Waals surface area contributed by atoms with E-state index in [4.69, 9.17) is 4.74 Å². The first-order valence-electron chi connectivity index (χ1n) is 6.30. The van der Waals surface area contributed by atoms with Crippen LogP contribution in [0.4, 0.5) is 0 Å². The maximum absolute atomic E-state index is 11.4. The third kappa shape index (κ3) is 3.88. The Balaban J connectivity index is 2.83. The highest BCUT2D eigenvalue weighted by Gasteiger charge is 2.25. The summed E-state index contributed by atoms with van der Waals surface area (Å²) in [5, 5.41) is 0. The molecule has 0 radical (unpaired) electrons. The molecule has 94 valence electrons. The molecule has 0 saturated heterocycles. The third-order valence-electron chi connectivity index (χ3n) is 3.01. The van der Waals surface area contributed by atoms with Crippen molar-refractivity contribution in [2.75, 3.05) is 0 Å². The summed E-state index contributed by atoms with van der Waals surface area (Å²) in [6.07, 6.45) is 0.356. The monoisotopic (exact) mass is 234 g/mol. The van der Waals surface area contributed by atoms with E-state index in [0.29, 0.717) is 12.3 Å². The third-order valence-corrected chi connectivity index (χ3v) is 3.01. The van der Waals surface area contributed by atoms with Crippen LogP contribution in [0.15, 0.2) is 30.3 Å². The Morgan fingerprint density at radius 1 is 1.18 bits per heavy atom. The average Bonchev–Trinajstić information content (AvgIpc) is 2.29. The summed E-state index contributed by atoms with van der Waals surface area (Å²) in [7, 11) is 0. The van der Waals surface area contributed by atoms with E-state index in [0.717, 1.165) is 0 Å². The van der Waals surface area contributed by atoms with E-state index < -0.39 is 0 Å². The fourth-order valence-electron chi connectivity index (χ4n) is 2.24. The summed E-state index contributed by atoms with van der Waals surface area (Å²) in [6, 6.07) is 10.3. The van der Waals surface area contributed by atoms with Crippen molar-refractivity contribution in [2.24, 2.45) is 5.92 Å². The molecule has 0 fully saturated rings. The van der Waals surface area contributed by atoms with Crippen LogP contribution < -0.4 is 0 Å². The lowest BCUT2D eigenvalue weighted by atomic mass is 9.84. The zero-order chi connectivity index (χ0) is 12.8. The number of hydrogen-bond acceptors (Lipinski definition) is 2. The largest absolute Gasteiger partial charge is 0.462 e. The molecule has 0 saturated carbocycles. The van der Waals surface area contributed by atoms with E-state index in [2.05, 4.69) is 26.0 Å². The molecular weight excluding hydrogens is 212 g/mol. The molecule has 1 aromatic rings. The van der Waals surface area contributed by atoms with E-state index in [1.54, 1.807) is 0 Å². The highest BCUT2D eigenvalue weighted by molar-refractivity contribution is 5.69. The Morgan fingerprint density at radius 2 is 1.76 bits per heavy atom. The van der Waals surface area contributed by atoms with E-state index in [9.17, 15) is 4.79 Å². The molecule has 0 heterocycles. The van der Waals surface area contributed by atoms with Crippen molar-refractivity contribution >= 4 is 5.97 Å². The van der Waals surface area contributed by atoms with Gasteiger partial charge in [-0.25, -0.2) is 0 Å². The topological polar surface area (TPSA) is 26.3 Å². The van der Waals surface area contributed by atoms with Crippen LogP contribution in [-0.4, -0.2) is 12.1 Å². The minimum atomic E-state index is -0.126. The Bertz CT molecular complexity index is 343. The molecule has 0 spiro atoms. The van der Waals surface area contributed by atoms with Gasteiger partial charge in [-0.2, -0.15) is 0 Å². The van der Waals surface area contributed by atoms with Crippen LogP contribution in [0.5, 0.6) is 0 Å². The van der Waals surface area contributed by atoms with Gasteiger partial charge < -0.3 is 4.74 Å². The van der Waals surface area contributed by atoms with Gasteiger partial charge in [0.05, 0.1) is 0 Å². The molecule has 0 bridgehead atoms. The van der Waals surface area contributed by atoms with Gasteiger partial charge in [-0.15, -0.1) is 0 Å². The Labute approximate surface area is 104 Å². The van der Waals surface area contributed by atoms with Crippen LogP contribution in [0, 0.1) is 5.92 Å². The van der Waals surface area contributed by atoms with Crippen molar-refractivity contribution in [1.29, 1.82) is 0 Å². The highest BCUT2D eigenvalue weighted by atomic mass is 16.5. The quantitative estimate of drug-likeness (QED) is 0.725. The van der Waals surface area contributed by atoms with Crippen molar-refractivity contribution < 1.29 is 9.53 Å². The van der Waals surface area contributed by atoms with Gasteiger partial charge in [-0.05, 0) is 18.4 Å². The minimum absolute atomic E-state index is 0.0788. The maximum atomic E-state index is 11.4. The number of benzene rings is 1. The summed E-state index contributed by atoms with van der Waals surface area (Å²) in [4.78, 5) is 11.4. The molecule has 17 heavy (non-hydrogen) atoms. The lowest BCUT2D eigenvalue weighted by Gasteiger charge is -2.27. The van der Waals surface area contributed by atoms with Gasteiger partial charge in [0.25, 0.3) is 0 Å². The van der Waals surface area contributed by atoms with Gasteiger partial charge in [0.15, 0.2) is 0 Å². The van der Waals surface area contributed by atoms with Gasteiger partial charge in [0.2, 0.25) is 0 Å². The molecule has 0 aliphatic heterocycles. The number of esters is 1. The molecule has 0 amide bonds. The Morgan fingerprint density at radius 3 is 2.24 bits per heavy atom. The first-order chi connectivity index (χ1) is 8.06. The highest BCUT2D eigenvalue weighted by Crippen LogP contribution is 2.29. The summed E-state index contributed by atoms with van der Waals surface area (Å²) >= 11 is 0. The second-order valence-electron chi connectivity index (χ2n) is 4.73. The van der Waals surface area contributed by atoms with Crippen LogP contribution in [0.25, 0.3) is 0 Å². The molecule has 2 unspecified atom stereocenters. The van der Waals surface area contributed by atoms with Crippen molar-refractivity contribution in [3.63, 3.8) is 0 Å². The molecule has 2 heteroatoms. The Hall–Kier alpha value is -1.31. The first-order valence-corrected chi connectivity index (χ1v) is 6.30. The number of hydrogen-bond donors (Lipinski definition) is 0. The van der Waals surface area contributed by atoms with Crippen molar-refractivity contribution in [1.82, 2.24) is 0 Å². The molecule has 0 N–H and O–H groups in total. The molecule has 1 aromatic carbocycles. The number of rotatable bonds is 5. The number of ether oxygens (including phenoxy) is 1. The first kappa shape index (κ1) is 13.8. The van der Waals surface area contributed by atoms with E-state index in [1.165, 1.54) is 5.56 Å². The molecule has 2 atom stereocenters. The van der Waals surface area contributed by atoms with E-state index in [1.807, 2.05) is 32.0 Å². The minimum Gasteiger partial charge on any atom is -0.462 e. The average molecular weight is 234 g/mol. The molecule has 0 aromatic heterocycles. The second kappa shape index (κ2) is 6.43. The van der Waals surface area contributed by atoms with Crippen LogP contribution in [0.2, 0.25) is 0 Å². The lowest BCUT2D eigenvalue weighted by Crippen LogP contribution is -2.25. The summed E-state index contributed by atoms with van der Waals surface area (Å²) in [5.41, 5.74) is 1.24. The number of carbonyl (C=O) groups is 1. The molecule has 2 nitrogen and oxygen atoms in total. The van der Waals surface area contributed by atoms with Gasteiger partial charge in [-0.1, -0.05) is 51.1 Å². The van der Waals surface area contributed by atoms with Crippen LogP contribution in [-0.2, 0) is 9.53 Å². The molecule has 1 rings (SSSR count). The van der Waals surface area contributed by atoms with Crippen LogP contribution in [0.3, 0.4) is 0 Å². The summed E-state index contributed by atoms with van der Waals surface area (Å²) in [6.45, 7) is 8.12. The number of carbonyl (C=O) groups excluding carboxylic acids is 1. The molecule has 0 aliphatic rings. The van der Waals surface area contributed by atoms with Crippen molar-refractivity contribution in [2.45, 2.75) is 46.1 Å². The zero-order valence-corrected chi connectivity index (χ0v) is 11.1. The normalized spacial score (nSPS) is 14.4.